The molecule has 0 aliphatic rings. The van der Waals surface area contributed by atoms with Crippen molar-refractivity contribution in [3.8, 4) is 0 Å². The molecule has 0 aliphatic heterocycles. The number of amides is 1. The van der Waals surface area contributed by atoms with Crippen LogP contribution in [0, 0.1) is 6.92 Å². The minimum atomic E-state index is -1.21. The van der Waals surface area contributed by atoms with Gasteiger partial charge in [0.1, 0.15) is 6.04 Å². The van der Waals surface area contributed by atoms with Gasteiger partial charge in [-0.1, -0.05) is 17.7 Å². The fourth-order valence-electron chi connectivity index (χ4n) is 1.56. The predicted octanol–water partition coefficient (Wildman–Crippen LogP) is -1.41. The number of aliphatic carboxylic acids is 1. The number of hydrogen-bond acceptors (Lipinski definition) is 3. The summed E-state index contributed by atoms with van der Waals surface area (Å²) >= 11 is 0. The third-order valence-corrected chi connectivity index (χ3v) is 2.71. The van der Waals surface area contributed by atoms with Gasteiger partial charge in [-0.2, -0.15) is 0 Å². The first kappa shape index (κ1) is 14.2. The largest absolute Gasteiger partial charge is 0.544 e. The van der Waals surface area contributed by atoms with Gasteiger partial charge in [0, 0.05) is 5.69 Å². The maximum absolute atomic E-state index is 11.7. The number of rotatable bonds is 5. The van der Waals surface area contributed by atoms with Gasteiger partial charge in [-0.25, -0.2) is 0 Å². The van der Waals surface area contributed by atoms with Gasteiger partial charge in [0.2, 0.25) is 5.91 Å². The summed E-state index contributed by atoms with van der Waals surface area (Å²) in [7, 11) is 3.36. The van der Waals surface area contributed by atoms with Gasteiger partial charge in [0.15, 0.2) is 0 Å². The highest BCUT2D eigenvalue weighted by atomic mass is 16.4. The Hall–Kier alpha value is -1.88. The third-order valence-electron chi connectivity index (χ3n) is 2.71. The molecule has 0 saturated heterocycles. The Morgan fingerprint density at radius 3 is 2.28 bits per heavy atom. The van der Waals surface area contributed by atoms with Crippen molar-refractivity contribution in [2.45, 2.75) is 19.4 Å². The Balaban J connectivity index is 2.60. The number of carboxylic acids is 1. The molecule has 0 aliphatic carbocycles. The normalized spacial score (nSPS) is 12.2. The molecule has 5 nitrogen and oxygen atoms in total. The molecule has 0 aromatic heterocycles. The third kappa shape index (κ3) is 4.18. The van der Waals surface area contributed by atoms with E-state index >= 15 is 0 Å². The maximum atomic E-state index is 11.7. The van der Waals surface area contributed by atoms with E-state index in [0.29, 0.717) is 10.6 Å². The molecule has 5 heteroatoms. The van der Waals surface area contributed by atoms with Crippen molar-refractivity contribution >= 4 is 17.6 Å². The lowest BCUT2D eigenvalue weighted by Gasteiger charge is -2.21. The molecule has 1 rings (SSSR count). The molecule has 0 spiro atoms. The molecular formula is C13H18N2O3. The van der Waals surface area contributed by atoms with Gasteiger partial charge in [-0.3, -0.25) is 4.79 Å². The number of benzene rings is 1. The molecule has 0 fully saturated rings. The Morgan fingerprint density at radius 2 is 1.83 bits per heavy atom. The number of carbonyl (C=O) groups is 2. The van der Waals surface area contributed by atoms with Gasteiger partial charge < -0.3 is 20.1 Å². The van der Waals surface area contributed by atoms with Crippen LogP contribution in [0.4, 0.5) is 5.69 Å². The molecule has 98 valence electrons. The van der Waals surface area contributed by atoms with E-state index in [4.69, 9.17) is 0 Å². The zero-order chi connectivity index (χ0) is 13.7. The molecule has 0 unspecified atom stereocenters. The van der Waals surface area contributed by atoms with Crippen molar-refractivity contribution < 1.29 is 19.6 Å². The Kier molecular flexibility index (Phi) is 4.85. The molecule has 18 heavy (non-hydrogen) atoms. The van der Waals surface area contributed by atoms with E-state index in [-0.39, 0.29) is 12.3 Å². The van der Waals surface area contributed by atoms with E-state index < -0.39 is 12.0 Å². The van der Waals surface area contributed by atoms with Crippen LogP contribution >= 0.6 is 0 Å². The lowest BCUT2D eigenvalue weighted by Crippen LogP contribution is -3.12. The van der Waals surface area contributed by atoms with Gasteiger partial charge in [-0.05, 0) is 19.1 Å². The van der Waals surface area contributed by atoms with E-state index in [1.54, 1.807) is 26.2 Å². The summed E-state index contributed by atoms with van der Waals surface area (Å²) in [5.74, 6) is -1.54. The first-order chi connectivity index (χ1) is 8.40. The lowest BCUT2D eigenvalue weighted by atomic mass is 10.1. The maximum Gasteiger partial charge on any atom is 0.230 e. The van der Waals surface area contributed by atoms with Crippen LogP contribution in [0.3, 0.4) is 0 Å². The number of anilines is 1. The molecule has 0 saturated carbocycles. The second kappa shape index (κ2) is 6.16. The van der Waals surface area contributed by atoms with Crippen LogP contribution in [0.25, 0.3) is 0 Å². The number of aryl methyl sites for hydroxylation is 1. The van der Waals surface area contributed by atoms with Gasteiger partial charge in [-0.15, -0.1) is 0 Å². The predicted molar refractivity (Wildman–Crippen MR) is 66.0 cm³/mol. The summed E-state index contributed by atoms with van der Waals surface area (Å²) in [6.07, 6.45) is -0.0987. The number of likely N-dealkylation sites (N-methyl/N-ethyl adjacent to an activating group) is 1. The summed E-state index contributed by atoms with van der Waals surface area (Å²) in [6.45, 7) is 1.95. The highest BCUT2D eigenvalue weighted by Crippen LogP contribution is 2.08. The van der Waals surface area contributed by atoms with E-state index in [2.05, 4.69) is 5.32 Å². The quantitative estimate of drug-likeness (QED) is 0.674. The Morgan fingerprint density at radius 1 is 1.28 bits per heavy atom. The number of hydrogen-bond donors (Lipinski definition) is 2. The van der Waals surface area contributed by atoms with Crippen molar-refractivity contribution in [3.05, 3.63) is 29.8 Å². The average Bonchev–Trinajstić information content (AvgIpc) is 2.28. The fourth-order valence-corrected chi connectivity index (χ4v) is 1.56. The minimum absolute atomic E-state index is 0.0987. The Labute approximate surface area is 106 Å². The second-order valence-corrected chi connectivity index (χ2v) is 4.57. The molecule has 1 aromatic carbocycles. The molecule has 2 N–H and O–H groups in total. The first-order valence-corrected chi connectivity index (χ1v) is 5.77. The van der Waals surface area contributed by atoms with Crippen LogP contribution in [0.1, 0.15) is 12.0 Å². The standard InChI is InChI=1S/C13H18N2O3/c1-9-4-6-10(7-5-9)14-12(16)8-11(13(17)18)15(2)3/h4-7,11H,8H2,1-3H3,(H,14,16)(H,17,18)/t11-/m0/s1. The molecule has 0 bridgehead atoms. The molecule has 1 atom stereocenters. The fraction of sp³-hybridized carbons (Fsp3) is 0.385. The topological polar surface area (TPSA) is 73.7 Å². The van der Waals surface area contributed by atoms with Crippen LogP contribution in [0.15, 0.2) is 24.3 Å². The molecule has 1 aromatic rings. The summed E-state index contributed by atoms with van der Waals surface area (Å²) in [4.78, 5) is 23.2. The molecule has 0 radical (unpaired) electrons. The summed E-state index contributed by atoms with van der Waals surface area (Å²) in [5, 5.41) is 13.5. The van der Waals surface area contributed by atoms with Crippen LogP contribution in [-0.4, -0.2) is 32.0 Å². The van der Waals surface area contributed by atoms with Crippen molar-refractivity contribution in [1.29, 1.82) is 0 Å². The van der Waals surface area contributed by atoms with Crippen molar-refractivity contribution in [2.24, 2.45) is 0 Å². The van der Waals surface area contributed by atoms with Gasteiger partial charge in [0.05, 0.1) is 26.5 Å². The van der Waals surface area contributed by atoms with Crippen molar-refractivity contribution in [2.75, 3.05) is 19.4 Å². The number of carbonyl (C=O) groups excluding carboxylic acids is 2. The van der Waals surface area contributed by atoms with Crippen molar-refractivity contribution in [3.63, 3.8) is 0 Å². The SMILES string of the molecule is Cc1ccc(NC(=O)C[C@@H](C(=O)[O-])[NH+](C)C)cc1. The van der Waals surface area contributed by atoms with Crippen LogP contribution in [0.2, 0.25) is 0 Å². The van der Waals surface area contributed by atoms with Crippen LogP contribution < -0.4 is 15.3 Å². The number of quaternary nitrogens is 1. The summed E-state index contributed by atoms with van der Waals surface area (Å²) in [6, 6.07) is 6.48. The monoisotopic (exact) mass is 250 g/mol. The molecular weight excluding hydrogens is 232 g/mol. The minimum Gasteiger partial charge on any atom is -0.544 e. The van der Waals surface area contributed by atoms with E-state index in [9.17, 15) is 14.7 Å². The molecule has 0 heterocycles. The van der Waals surface area contributed by atoms with Crippen LogP contribution in [-0.2, 0) is 9.59 Å². The van der Waals surface area contributed by atoms with Crippen molar-refractivity contribution in [1.82, 2.24) is 0 Å². The number of carboxylic acid groups (broad SMARTS) is 1. The average molecular weight is 250 g/mol. The van der Waals surface area contributed by atoms with E-state index in [1.807, 2.05) is 19.1 Å². The zero-order valence-corrected chi connectivity index (χ0v) is 10.8. The second-order valence-electron chi connectivity index (χ2n) is 4.57. The van der Waals surface area contributed by atoms with Crippen LogP contribution in [0.5, 0.6) is 0 Å². The lowest BCUT2D eigenvalue weighted by molar-refractivity contribution is -0.878. The zero-order valence-electron chi connectivity index (χ0n) is 10.8. The van der Waals surface area contributed by atoms with Gasteiger partial charge in [0.25, 0.3) is 0 Å². The van der Waals surface area contributed by atoms with E-state index in [1.165, 1.54) is 0 Å². The molecule has 1 amide bonds. The van der Waals surface area contributed by atoms with E-state index in [0.717, 1.165) is 5.56 Å². The number of nitrogens with one attached hydrogen (secondary N) is 2. The summed E-state index contributed by atoms with van der Waals surface area (Å²) in [5.41, 5.74) is 1.76. The highest BCUT2D eigenvalue weighted by Gasteiger charge is 2.20. The van der Waals surface area contributed by atoms with Gasteiger partial charge >= 0.3 is 0 Å². The smallest absolute Gasteiger partial charge is 0.230 e. The Bertz CT molecular complexity index is 426. The highest BCUT2D eigenvalue weighted by molar-refractivity contribution is 5.93. The summed E-state index contributed by atoms with van der Waals surface area (Å²) < 4.78 is 0. The first-order valence-electron chi connectivity index (χ1n) is 5.77.